The van der Waals surface area contributed by atoms with Gasteiger partial charge in [0.15, 0.2) is 16.4 Å². The Bertz CT molecular complexity index is 1070. The van der Waals surface area contributed by atoms with E-state index in [1.165, 1.54) is 13.0 Å². The predicted molar refractivity (Wildman–Crippen MR) is 113 cm³/mol. The van der Waals surface area contributed by atoms with Crippen molar-refractivity contribution in [2.24, 2.45) is 0 Å². The average molecular weight is 435 g/mol. The number of rotatable bonds is 6. The first-order valence-electron chi connectivity index (χ1n) is 8.96. The number of amides is 2. The largest absolute Gasteiger partial charge is 0.482 e. The maximum atomic E-state index is 13.1. The van der Waals surface area contributed by atoms with Crippen LogP contribution in [0.15, 0.2) is 46.2 Å². The fraction of sp³-hybridized carbons (Fsp3) is 0.300. The number of carbonyl (C=O) groups is 2. The lowest BCUT2D eigenvalue weighted by Gasteiger charge is -2.21. The third-order valence-corrected chi connectivity index (χ3v) is 7.58. The number of thioether (sulfide) groups is 1. The van der Waals surface area contributed by atoms with E-state index in [0.29, 0.717) is 22.7 Å². The summed E-state index contributed by atoms with van der Waals surface area (Å²) in [7, 11) is -3.77. The van der Waals surface area contributed by atoms with Gasteiger partial charge in [-0.15, -0.1) is 11.8 Å². The summed E-state index contributed by atoms with van der Waals surface area (Å²) >= 11 is 1.55. The molecule has 0 spiro atoms. The number of fused-ring (bicyclic) bond motifs is 1. The van der Waals surface area contributed by atoms with Crippen molar-refractivity contribution < 1.29 is 22.7 Å². The molecule has 2 aromatic carbocycles. The van der Waals surface area contributed by atoms with Gasteiger partial charge in [0.1, 0.15) is 5.75 Å². The fourth-order valence-corrected chi connectivity index (χ4v) is 5.07. The molecule has 0 saturated carbocycles. The molecule has 0 unspecified atom stereocenters. The monoisotopic (exact) mass is 434 g/mol. The summed E-state index contributed by atoms with van der Waals surface area (Å²) in [5.74, 6) is -0.360. The molecule has 1 aliphatic heterocycles. The minimum absolute atomic E-state index is 0.0945. The molecule has 1 heterocycles. The van der Waals surface area contributed by atoms with Crippen molar-refractivity contribution in [3.8, 4) is 5.75 Å². The molecule has 9 heteroatoms. The highest BCUT2D eigenvalue weighted by Crippen LogP contribution is 2.34. The molecule has 0 radical (unpaired) electrons. The predicted octanol–water partition coefficient (Wildman–Crippen LogP) is 3.24. The lowest BCUT2D eigenvalue weighted by molar-refractivity contribution is -0.118. The van der Waals surface area contributed by atoms with E-state index in [0.717, 1.165) is 4.90 Å². The number of nitrogens with one attached hydrogen (secondary N) is 2. The SMILES string of the molecule is CSc1cccc(NC(=O)C[C@@H](C)S(=O)(=O)c2cc3c(cc2C)NC(=O)CO3)c1. The third kappa shape index (κ3) is 4.73. The summed E-state index contributed by atoms with van der Waals surface area (Å²) in [6.45, 7) is 2.99. The second kappa shape index (κ2) is 8.46. The van der Waals surface area contributed by atoms with E-state index in [-0.39, 0.29) is 29.7 Å². The van der Waals surface area contributed by atoms with Crippen LogP contribution in [-0.2, 0) is 19.4 Å². The molecule has 7 nitrogen and oxygen atoms in total. The number of ether oxygens (including phenoxy) is 1. The number of aryl methyl sites for hydroxylation is 1. The molecule has 0 aromatic heterocycles. The second-order valence-corrected chi connectivity index (χ2v) is 10.0. The van der Waals surface area contributed by atoms with E-state index < -0.39 is 15.1 Å². The van der Waals surface area contributed by atoms with Gasteiger partial charge in [-0.05, 0) is 49.9 Å². The summed E-state index contributed by atoms with van der Waals surface area (Å²) in [5.41, 5.74) is 1.55. The first-order valence-corrected chi connectivity index (χ1v) is 11.7. The first-order chi connectivity index (χ1) is 13.7. The topological polar surface area (TPSA) is 102 Å². The van der Waals surface area contributed by atoms with Gasteiger partial charge in [0.2, 0.25) is 5.91 Å². The Kier molecular flexibility index (Phi) is 6.18. The Morgan fingerprint density at radius 3 is 2.79 bits per heavy atom. The molecule has 0 saturated heterocycles. The molecule has 29 heavy (non-hydrogen) atoms. The van der Waals surface area contributed by atoms with Gasteiger partial charge in [-0.3, -0.25) is 9.59 Å². The minimum Gasteiger partial charge on any atom is -0.482 e. The van der Waals surface area contributed by atoms with Crippen molar-refractivity contribution in [1.29, 1.82) is 0 Å². The maximum absolute atomic E-state index is 13.1. The lowest BCUT2D eigenvalue weighted by atomic mass is 10.2. The zero-order chi connectivity index (χ0) is 21.2. The normalized spacial score (nSPS) is 14.4. The molecule has 154 valence electrons. The van der Waals surface area contributed by atoms with E-state index in [2.05, 4.69) is 10.6 Å². The Hall–Kier alpha value is -2.52. The lowest BCUT2D eigenvalue weighted by Crippen LogP contribution is -2.27. The summed E-state index contributed by atoms with van der Waals surface area (Å²) in [6, 6.07) is 10.3. The highest BCUT2D eigenvalue weighted by molar-refractivity contribution is 7.98. The van der Waals surface area contributed by atoms with Crippen molar-refractivity contribution >= 4 is 44.8 Å². The third-order valence-electron chi connectivity index (χ3n) is 4.57. The van der Waals surface area contributed by atoms with Gasteiger partial charge in [-0.1, -0.05) is 6.07 Å². The van der Waals surface area contributed by atoms with E-state index in [1.54, 1.807) is 30.8 Å². The van der Waals surface area contributed by atoms with Crippen LogP contribution < -0.4 is 15.4 Å². The van der Waals surface area contributed by atoms with Crippen LogP contribution in [-0.4, -0.2) is 38.3 Å². The number of sulfone groups is 1. The van der Waals surface area contributed by atoms with Crippen LogP contribution in [0.5, 0.6) is 5.75 Å². The van der Waals surface area contributed by atoms with Gasteiger partial charge in [0.05, 0.1) is 15.8 Å². The molecule has 0 aliphatic carbocycles. The molecule has 2 N–H and O–H groups in total. The van der Waals surface area contributed by atoms with Crippen LogP contribution in [0.3, 0.4) is 0 Å². The van der Waals surface area contributed by atoms with Crippen LogP contribution in [0, 0.1) is 6.92 Å². The molecular weight excluding hydrogens is 412 g/mol. The molecule has 2 aromatic rings. The fourth-order valence-electron chi connectivity index (χ4n) is 3.02. The molecule has 1 aliphatic rings. The van der Waals surface area contributed by atoms with Crippen molar-refractivity contribution in [1.82, 2.24) is 0 Å². The minimum atomic E-state index is -3.77. The van der Waals surface area contributed by atoms with Gasteiger partial charge in [0, 0.05) is 23.1 Å². The summed E-state index contributed by atoms with van der Waals surface area (Å²) in [6.07, 6.45) is 1.76. The quantitative estimate of drug-likeness (QED) is 0.677. The highest BCUT2D eigenvalue weighted by atomic mass is 32.2. The number of hydrogen-bond donors (Lipinski definition) is 2. The number of hydrogen-bond acceptors (Lipinski definition) is 6. The van der Waals surface area contributed by atoms with Crippen molar-refractivity contribution in [2.75, 3.05) is 23.5 Å². The second-order valence-electron chi connectivity index (χ2n) is 6.79. The Labute approximate surface area is 174 Å². The van der Waals surface area contributed by atoms with E-state index in [9.17, 15) is 18.0 Å². The van der Waals surface area contributed by atoms with Crippen LogP contribution in [0.1, 0.15) is 18.9 Å². The highest BCUT2D eigenvalue weighted by Gasteiger charge is 2.29. The molecular formula is C20H22N2O5S2. The van der Waals surface area contributed by atoms with Crippen LogP contribution in [0.25, 0.3) is 0 Å². The molecule has 0 fully saturated rings. The number of anilines is 2. The number of benzene rings is 2. The van der Waals surface area contributed by atoms with Gasteiger partial charge >= 0.3 is 0 Å². The average Bonchev–Trinajstić information content (AvgIpc) is 2.67. The Morgan fingerprint density at radius 2 is 2.07 bits per heavy atom. The zero-order valence-corrected chi connectivity index (χ0v) is 17.9. The summed E-state index contributed by atoms with van der Waals surface area (Å²) in [4.78, 5) is 24.9. The molecule has 2 amide bonds. The van der Waals surface area contributed by atoms with Crippen molar-refractivity contribution in [3.63, 3.8) is 0 Å². The molecule has 3 rings (SSSR count). The Balaban J connectivity index is 1.77. The summed E-state index contributed by atoms with van der Waals surface area (Å²) in [5, 5.41) is 4.47. The number of carbonyl (C=O) groups excluding carboxylic acids is 2. The van der Waals surface area contributed by atoms with Crippen LogP contribution in [0.2, 0.25) is 0 Å². The van der Waals surface area contributed by atoms with Crippen molar-refractivity contribution in [3.05, 3.63) is 42.0 Å². The van der Waals surface area contributed by atoms with Gasteiger partial charge in [-0.2, -0.15) is 0 Å². The standard InChI is InChI=1S/C20H22N2O5S2/c1-12-7-16-17(27-11-20(24)22-16)10-18(12)29(25,26)13(2)8-19(23)21-14-5-4-6-15(9-14)28-3/h4-7,9-10,13H,8,11H2,1-3H3,(H,21,23)(H,22,24)/t13-/m1/s1. The first kappa shape index (κ1) is 21.2. The van der Waals surface area contributed by atoms with Crippen molar-refractivity contribution in [2.45, 2.75) is 35.3 Å². The smallest absolute Gasteiger partial charge is 0.262 e. The van der Waals surface area contributed by atoms with Gasteiger partial charge in [0.25, 0.3) is 5.91 Å². The van der Waals surface area contributed by atoms with Gasteiger partial charge < -0.3 is 15.4 Å². The maximum Gasteiger partial charge on any atom is 0.262 e. The van der Waals surface area contributed by atoms with E-state index in [1.807, 2.05) is 24.5 Å². The van der Waals surface area contributed by atoms with Crippen LogP contribution >= 0.6 is 11.8 Å². The Morgan fingerprint density at radius 1 is 1.31 bits per heavy atom. The van der Waals surface area contributed by atoms with Gasteiger partial charge in [-0.25, -0.2) is 8.42 Å². The van der Waals surface area contributed by atoms with E-state index in [4.69, 9.17) is 4.74 Å². The zero-order valence-electron chi connectivity index (χ0n) is 16.3. The molecule has 0 bridgehead atoms. The van der Waals surface area contributed by atoms with Crippen LogP contribution in [0.4, 0.5) is 11.4 Å². The van der Waals surface area contributed by atoms with E-state index >= 15 is 0 Å². The summed E-state index contributed by atoms with van der Waals surface area (Å²) < 4.78 is 31.5. The molecule has 1 atom stereocenters.